The average molecular weight is 352 g/mol. The van der Waals surface area contributed by atoms with Gasteiger partial charge in [0.15, 0.2) is 4.67 Å². The summed E-state index contributed by atoms with van der Waals surface area (Å²) in [7, 11) is 0. The number of hydrogen-bond donors (Lipinski definition) is 1. The molecule has 0 aliphatic carbocycles. The number of benzene rings is 1. The molecule has 0 saturated carbocycles. The minimum atomic E-state index is -0.292. The molecule has 1 amide bonds. The van der Waals surface area contributed by atoms with Gasteiger partial charge in [0.25, 0.3) is 5.91 Å². The number of ether oxygens (including phenoxy) is 1. The topological polar surface area (TPSA) is 68.5 Å². The molecule has 0 bridgehead atoms. The number of halogens is 1. The molecule has 1 heterocycles. The number of carbonyl (C=O) groups excluding carboxylic acids is 2. The quantitative estimate of drug-likeness (QED) is 0.838. The Bertz CT molecular complexity index is 651. The van der Waals surface area contributed by atoms with Crippen LogP contribution in [0.1, 0.15) is 22.8 Å². The molecule has 1 N–H and O–H groups in total. The number of anilines is 1. The summed E-state index contributed by atoms with van der Waals surface area (Å²) in [5.74, 6) is -0.572. The summed E-state index contributed by atoms with van der Waals surface area (Å²) in [6.07, 6.45) is 1.54. The Morgan fingerprint density at radius 3 is 2.81 bits per heavy atom. The van der Waals surface area contributed by atoms with Crippen molar-refractivity contribution in [1.82, 2.24) is 0 Å². The number of rotatable bonds is 5. The second kappa shape index (κ2) is 7.08. The van der Waals surface area contributed by atoms with Gasteiger partial charge in [-0.1, -0.05) is 12.1 Å². The maximum atomic E-state index is 12.0. The van der Waals surface area contributed by atoms with Gasteiger partial charge in [-0.15, -0.1) is 0 Å². The van der Waals surface area contributed by atoms with E-state index in [9.17, 15) is 9.59 Å². The van der Waals surface area contributed by atoms with Crippen LogP contribution in [0, 0.1) is 0 Å². The average Bonchev–Trinajstić information content (AvgIpc) is 2.86. The maximum Gasteiger partial charge on any atom is 0.310 e. The summed E-state index contributed by atoms with van der Waals surface area (Å²) in [5, 5.41) is 2.75. The summed E-state index contributed by atoms with van der Waals surface area (Å²) in [6.45, 7) is 2.11. The van der Waals surface area contributed by atoms with E-state index in [1.165, 1.54) is 6.26 Å². The van der Waals surface area contributed by atoms with Crippen LogP contribution in [0.5, 0.6) is 0 Å². The first-order chi connectivity index (χ1) is 10.1. The molecule has 1 aromatic carbocycles. The highest BCUT2D eigenvalue weighted by molar-refractivity contribution is 9.10. The Morgan fingerprint density at radius 2 is 2.14 bits per heavy atom. The van der Waals surface area contributed by atoms with Gasteiger partial charge in [0, 0.05) is 11.8 Å². The van der Waals surface area contributed by atoms with Crippen molar-refractivity contribution < 1.29 is 18.7 Å². The molecule has 0 aliphatic heterocycles. The van der Waals surface area contributed by atoms with Crippen LogP contribution in [0.4, 0.5) is 5.69 Å². The number of amides is 1. The van der Waals surface area contributed by atoms with E-state index in [4.69, 9.17) is 9.15 Å². The fourth-order valence-corrected chi connectivity index (χ4v) is 2.11. The molecule has 2 aromatic rings. The number of furan rings is 1. The minimum absolute atomic E-state index is 0.175. The van der Waals surface area contributed by atoms with Crippen LogP contribution in [0.3, 0.4) is 0 Å². The SMILES string of the molecule is CCOC(=O)Cc1cccc(NC(=O)c2coc(Br)c2)c1. The van der Waals surface area contributed by atoms with Crippen LogP contribution in [0.15, 0.2) is 45.7 Å². The number of hydrogen-bond acceptors (Lipinski definition) is 4. The summed E-state index contributed by atoms with van der Waals surface area (Å²) >= 11 is 3.14. The van der Waals surface area contributed by atoms with Crippen molar-refractivity contribution in [3.8, 4) is 0 Å². The number of nitrogens with one attached hydrogen (secondary N) is 1. The molecule has 0 fully saturated rings. The van der Waals surface area contributed by atoms with Crippen LogP contribution in [0.2, 0.25) is 0 Å². The molecule has 0 aliphatic rings. The molecule has 6 heteroatoms. The van der Waals surface area contributed by atoms with Gasteiger partial charge in [0.05, 0.1) is 18.6 Å². The molecule has 0 atom stereocenters. The lowest BCUT2D eigenvalue weighted by Crippen LogP contribution is -2.12. The predicted molar refractivity (Wildman–Crippen MR) is 81.1 cm³/mol. The summed E-state index contributed by atoms with van der Waals surface area (Å²) < 4.78 is 10.4. The molecule has 1 aromatic heterocycles. The van der Waals surface area contributed by atoms with Crippen LogP contribution in [-0.2, 0) is 16.0 Å². The molecule has 0 unspecified atom stereocenters. The van der Waals surface area contributed by atoms with Gasteiger partial charge in [0.2, 0.25) is 0 Å². The molecule has 0 radical (unpaired) electrons. The Kier molecular flexibility index (Phi) is 5.16. The fourth-order valence-electron chi connectivity index (χ4n) is 1.77. The molecule has 5 nitrogen and oxygen atoms in total. The zero-order valence-electron chi connectivity index (χ0n) is 11.4. The van der Waals surface area contributed by atoms with Crippen molar-refractivity contribution in [3.05, 3.63) is 52.4 Å². The second-order valence-corrected chi connectivity index (χ2v) is 5.06. The van der Waals surface area contributed by atoms with Crippen molar-refractivity contribution in [3.63, 3.8) is 0 Å². The monoisotopic (exact) mass is 351 g/mol. The van der Waals surface area contributed by atoms with Gasteiger partial charge < -0.3 is 14.5 Å². The van der Waals surface area contributed by atoms with E-state index in [1.807, 2.05) is 0 Å². The third-order valence-electron chi connectivity index (χ3n) is 2.67. The maximum absolute atomic E-state index is 12.0. The molecule has 2 rings (SSSR count). The van der Waals surface area contributed by atoms with Crippen molar-refractivity contribution in [2.45, 2.75) is 13.3 Å². The molecular formula is C15H14BrNO4. The van der Waals surface area contributed by atoms with E-state index >= 15 is 0 Å². The largest absolute Gasteiger partial charge is 0.466 e. The lowest BCUT2D eigenvalue weighted by atomic mass is 10.1. The van der Waals surface area contributed by atoms with Crippen LogP contribution < -0.4 is 5.32 Å². The molecular weight excluding hydrogens is 338 g/mol. The molecule has 21 heavy (non-hydrogen) atoms. The number of esters is 1. The van der Waals surface area contributed by atoms with Crippen molar-refractivity contribution in [1.29, 1.82) is 0 Å². The third kappa shape index (κ3) is 4.46. The van der Waals surface area contributed by atoms with Crippen molar-refractivity contribution in [2.75, 3.05) is 11.9 Å². The normalized spacial score (nSPS) is 10.2. The Labute approximate surface area is 130 Å². The minimum Gasteiger partial charge on any atom is -0.466 e. The highest BCUT2D eigenvalue weighted by Gasteiger charge is 2.10. The van der Waals surface area contributed by atoms with Crippen LogP contribution >= 0.6 is 15.9 Å². The second-order valence-electron chi connectivity index (χ2n) is 4.28. The standard InChI is InChI=1S/C15H14BrNO4/c1-2-20-14(18)7-10-4-3-5-12(6-10)17-15(19)11-8-13(16)21-9-11/h3-6,8-9H,2,7H2,1H3,(H,17,19). The van der Waals surface area contributed by atoms with Crippen molar-refractivity contribution in [2.24, 2.45) is 0 Å². The lowest BCUT2D eigenvalue weighted by molar-refractivity contribution is -0.142. The Hall–Kier alpha value is -2.08. The van der Waals surface area contributed by atoms with E-state index in [1.54, 1.807) is 37.3 Å². The molecule has 0 saturated heterocycles. The summed E-state index contributed by atoms with van der Waals surface area (Å²) in [4.78, 5) is 23.4. The molecule has 110 valence electrons. The predicted octanol–water partition coefficient (Wildman–Crippen LogP) is 3.40. The van der Waals surface area contributed by atoms with Crippen molar-refractivity contribution >= 4 is 33.5 Å². The first-order valence-corrected chi connectivity index (χ1v) is 7.17. The third-order valence-corrected chi connectivity index (χ3v) is 3.08. The van der Waals surface area contributed by atoms with E-state index in [0.717, 1.165) is 5.56 Å². The Morgan fingerprint density at radius 1 is 1.33 bits per heavy atom. The lowest BCUT2D eigenvalue weighted by Gasteiger charge is -2.06. The highest BCUT2D eigenvalue weighted by atomic mass is 79.9. The van der Waals surface area contributed by atoms with E-state index in [-0.39, 0.29) is 18.3 Å². The Balaban J connectivity index is 2.04. The first kappa shape index (κ1) is 15.3. The van der Waals surface area contributed by atoms with Crippen LogP contribution in [0.25, 0.3) is 0 Å². The van der Waals surface area contributed by atoms with Gasteiger partial charge in [-0.2, -0.15) is 0 Å². The van der Waals surface area contributed by atoms with E-state index in [0.29, 0.717) is 22.5 Å². The van der Waals surface area contributed by atoms with Gasteiger partial charge in [-0.25, -0.2) is 0 Å². The fraction of sp³-hybridized carbons (Fsp3) is 0.200. The van der Waals surface area contributed by atoms with E-state index < -0.39 is 0 Å². The zero-order chi connectivity index (χ0) is 15.2. The van der Waals surface area contributed by atoms with E-state index in [2.05, 4.69) is 21.2 Å². The molecule has 0 spiro atoms. The van der Waals surface area contributed by atoms with Gasteiger partial charge >= 0.3 is 5.97 Å². The summed E-state index contributed by atoms with van der Waals surface area (Å²) in [5.41, 5.74) is 1.80. The zero-order valence-corrected chi connectivity index (χ0v) is 13.0. The summed E-state index contributed by atoms with van der Waals surface area (Å²) in [6, 6.07) is 8.65. The van der Waals surface area contributed by atoms with Gasteiger partial charge in [0.1, 0.15) is 6.26 Å². The first-order valence-electron chi connectivity index (χ1n) is 6.38. The van der Waals surface area contributed by atoms with Gasteiger partial charge in [-0.05, 0) is 40.5 Å². The highest BCUT2D eigenvalue weighted by Crippen LogP contribution is 2.17. The van der Waals surface area contributed by atoms with Gasteiger partial charge in [-0.3, -0.25) is 9.59 Å². The number of carbonyl (C=O) groups is 2. The van der Waals surface area contributed by atoms with Crippen LogP contribution in [-0.4, -0.2) is 18.5 Å². The smallest absolute Gasteiger partial charge is 0.310 e.